The molecular formula is C8H15N2O. The van der Waals surface area contributed by atoms with Crippen LogP contribution < -0.4 is 5.32 Å². The standard InChI is InChI=1S/C8H15N2O/c1-7(11)9-8-3-5-10(2)6-4-8/h8H,2-6H2,1H3,(H,9,11). The summed E-state index contributed by atoms with van der Waals surface area (Å²) in [7, 11) is 3.83. The second-order valence-electron chi connectivity index (χ2n) is 3.09. The van der Waals surface area contributed by atoms with Crippen molar-refractivity contribution in [1.82, 2.24) is 10.2 Å². The van der Waals surface area contributed by atoms with Gasteiger partial charge in [-0.05, 0) is 12.8 Å². The van der Waals surface area contributed by atoms with Gasteiger partial charge >= 0.3 is 0 Å². The fourth-order valence-electron chi connectivity index (χ4n) is 1.36. The van der Waals surface area contributed by atoms with Crippen LogP contribution in [0.2, 0.25) is 0 Å². The van der Waals surface area contributed by atoms with Crippen LogP contribution in [0, 0.1) is 7.05 Å². The minimum atomic E-state index is 0.0764. The van der Waals surface area contributed by atoms with Gasteiger partial charge in [0, 0.05) is 33.1 Å². The Morgan fingerprint density at radius 2 is 2.09 bits per heavy atom. The molecule has 1 aliphatic heterocycles. The summed E-state index contributed by atoms with van der Waals surface area (Å²) in [5.74, 6) is 0.0764. The van der Waals surface area contributed by atoms with E-state index in [0.29, 0.717) is 6.04 Å². The summed E-state index contributed by atoms with van der Waals surface area (Å²) in [5, 5.41) is 2.91. The van der Waals surface area contributed by atoms with E-state index in [1.165, 1.54) is 0 Å². The van der Waals surface area contributed by atoms with E-state index in [0.717, 1.165) is 25.9 Å². The van der Waals surface area contributed by atoms with Crippen molar-refractivity contribution in [2.45, 2.75) is 25.8 Å². The summed E-state index contributed by atoms with van der Waals surface area (Å²) in [6.07, 6.45) is 2.06. The number of carbonyl (C=O) groups is 1. The van der Waals surface area contributed by atoms with Gasteiger partial charge in [0.25, 0.3) is 0 Å². The minimum absolute atomic E-state index is 0.0764. The van der Waals surface area contributed by atoms with Crippen molar-refractivity contribution < 1.29 is 4.79 Å². The second kappa shape index (κ2) is 3.72. The second-order valence-corrected chi connectivity index (χ2v) is 3.09. The number of rotatable bonds is 1. The molecule has 0 aromatic heterocycles. The molecular weight excluding hydrogens is 140 g/mol. The monoisotopic (exact) mass is 155 g/mol. The zero-order valence-corrected chi connectivity index (χ0v) is 6.97. The molecule has 3 heteroatoms. The van der Waals surface area contributed by atoms with Crippen LogP contribution in [0.4, 0.5) is 0 Å². The molecule has 1 saturated heterocycles. The number of likely N-dealkylation sites (tertiary alicyclic amines) is 1. The summed E-state index contributed by atoms with van der Waals surface area (Å²) >= 11 is 0. The zero-order valence-electron chi connectivity index (χ0n) is 6.97. The first kappa shape index (κ1) is 8.53. The molecule has 0 bridgehead atoms. The highest BCUT2D eigenvalue weighted by atomic mass is 16.1. The maximum atomic E-state index is 10.7. The average molecular weight is 155 g/mol. The van der Waals surface area contributed by atoms with Gasteiger partial charge in [0.15, 0.2) is 0 Å². The van der Waals surface area contributed by atoms with Crippen molar-refractivity contribution >= 4 is 5.91 Å². The highest BCUT2D eigenvalue weighted by Gasteiger charge is 2.16. The maximum Gasteiger partial charge on any atom is 0.217 e. The normalized spacial score (nSPS) is 21.6. The summed E-state index contributed by atoms with van der Waals surface area (Å²) in [4.78, 5) is 12.7. The van der Waals surface area contributed by atoms with E-state index in [4.69, 9.17) is 0 Å². The van der Waals surface area contributed by atoms with Gasteiger partial charge < -0.3 is 10.2 Å². The molecule has 1 aliphatic rings. The largest absolute Gasteiger partial charge is 0.354 e. The van der Waals surface area contributed by atoms with Crippen molar-refractivity contribution in [3.05, 3.63) is 7.05 Å². The Labute approximate surface area is 67.8 Å². The van der Waals surface area contributed by atoms with E-state index in [1.54, 1.807) is 6.92 Å². The Morgan fingerprint density at radius 3 is 2.55 bits per heavy atom. The molecule has 0 atom stereocenters. The van der Waals surface area contributed by atoms with Crippen molar-refractivity contribution in [3.63, 3.8) is 0 Å². The fraction of sp³-hybridized carbons (Fsp3) is 0.750. The molecule has 1 fully saturated rings. The molecule has 11 heavy (non-hydrogen) atoms. The van der Waals surface area contributed by atoms with Gasteiger partial charge in [0.1, 0.15) is 0 Å². The lowest BCUT2D eigenvalue weighted by molar-refractivity contribution is -0.119. The van der Waals surface area contributed by atoms with Crippen molar-refractivity contribution in [1.29, 1.82) is 0 Å². The van der Waals surface area contributed by atoms with E-state index in [-0.39, 0.29) is 5.91 Å². The van der Waals surface area contributed by atoms with Gasteiger partial charge in [-0.25, -0.2) is 0 Å². The van der Waals surface area contributed by atoms with E-state index in [1.807, 2.05) is 4.90 Å². The third kappa shape index (κ3) is 2.89. The number of piperidine rings is 1. The molecule has 1 amide bonds. The number of carbonyl (C=O) groups excluding carboxylic acids is 1. The van der Waals surface area contributed by atoms with Crippen LogP contribution in [0.15, 0.2) is 0 Å². The van der Waals surface area contributed by atoms with Crippen LogP contribution in [0.25, 0.3) is 0 Å². The SMILES string of the molecule is [CH2]N1CCC(NC(C)=O)CC1. The van der Waals surface area contributed by atoms with E-state index in [2.05, 4.69) is 12.4 Å². The van der Waals surface area contributed by atoms with Crippen LogP contribution in [0.3, 0.4) is 0 Å². The van der Waals surface area contributed by atoms with E-state index < -0.39 is 0 Å². The summed E-state index contributed by atoms with van der Waals surface area (Å²) in [6, 6.07) is 0.380. The Balaban J connectivity index is 2.22. The quantitative estimate of drug-likeness (QED) is 0.593. The number of nitrogens with zero attached hydrogens (tertiary/aromatic N) is 1. The lowest BCUT2D eigenvalue weighted by Crippen LogP contribution is -2.41. The van der Waals surface area contributed by atoms with Crippen LogP contribution in [0.1, 0.15) is 19.8 Å². The number of hydrogen-bond donors (Lipinski definition) is 1. The lowest BCUT2D eigenvalue weighted by atomic mass is 10.1. The van der Waals surface area contributed by atoms with Crippen molar-refractivity contribution in [2.24, 2.45) is 0 Å². The van der Waals surface area contributed by atoms with Crippen LogP contribution in [-0.4, -0.2) is 29.9 Å². The minimum Gasteiger partial charge on any atom is -0.354 e. The first-order valence-electron chi connectivity index (χ1n) is 4.01. The molecule has 1 heterocycles. The van der Waals surface area contributed by atoms with Gasteiger partial charge in [0.05, 0.1) is 0 Å². The Hall–Kier alpha value is -0.570. The van der Waals surface area contributed by atoms with Gasteiger partial charge in [-0.1, -0.05) is 0 Å². The van der Waals surface area contributed by atoms with Crippen LogP contribution in [0.5, 0.6) is 0 Å². The Kier molecular flexibility index (Phi) is 2.88. The summed E-state index contributed by atoms with van der Waals surface area (Å²) in [5.41, 5.74) is 0. The molecule has 63 valence electrons. The zero-order chi connectivity index (χ0) is 8.27. The third-order valence-electron chi connectivity index (χ3n) is 1.99. The lowest BCUT2D eigenvalue weighted by Gasteiger charge is -2.28. The van der Waals surface area contributed by atoms with Gasteiger partial charge in [-0.2, -0.15) is 0 Å². The maximum absolute atomic E-state index is 10.7. The molecule has 0 saturated carbocycles. The smallest absolute Gasteiger partial charge is 0.217 e. The fourth-order valence-corrected chi connectivity index (χ4v) is 1.36. The first-order chi connectivity index (χ1) is 5.18. The van der Waals surface area contributed by atoms with Crippen molar-refractivity contribution in [3.8, 4) is 0 Å². The molecule has 3 nitrogen and oxygen atoms in total. The van der Waals surface area contributed by atoms with Gasteiger partial charge in [-0.15, -0.1) is 0 Å². The molecule has 0 aliphatic carbocycles. The predicted octanol–water partition coefficient (Wildman–Crippen LogP) is 0.378. The van der Waals surface area contributed by atoms with Gasteiger partial charge in [0.2, 0.25) is 5.91 Å². The van der Waals surface area contributed by atoms with Crippen LogP contribution in [-0.2, 0) is 4.79 Å². The number of amides is 1. The highest BCUT2D eigenvalue weighted by Crippen LogP contribution is 2.08. The number of nitrogens with one attached hydrogen (secondary N) is 1. The molecule has 1 radical (unpaired) electrons. The third-order valence-corrected chi connectivity index (χ3v) is 1.99. The Morgan fingerprint density at radius 1 is 1.55 bits per heavy atom. The summed E-state index contributed by atoms with van der Waals surface area (Å²) in [6.45, 7) is 3.55. The topological polar surface area (TPSA) is 32.3 Å². The van der Waals surface area contributed by atoms with E-state index in [9.17, 15) is 4.79 Å². The van der Waals surface area contributed by atoms with Crippen molar-refractivity contribution in [2.75, 3.05) is 13.1 Å². The average Bonchev–Trinajstić information content (AvgIpc) is 1.93. The molecule has 0 unspecified atom stereocenters. The van der Waals surface area contributed by atoms with Crippen LogP contribution >= 0.6 is 0 Å². The molecule has 0 aromatic rings. The molecule has 0 spiro atoms. The molecule has 1 N–H and O–H groups in total. The first-order valence-corrected chi connectivity index (χ1v) is 4.01. The van der Waals surface area contributed by atoms with E-state index >= 15 is 0 Å². The predicted molar refractivity (Wildman–Crippen MR) is 43.8 cm³/mol. The highest BCUT2D eigenvalue weighted by molar-refractivity contribution is 5.73. The summed E-state index contributed by atoms with van der Waals surface area (Å²) < 4.78 is 0. The Bertz CT molecular complexity index is 139. The molecule has 1 rings (SSSR count). The number of hydrogen-bond acceptors (Lipinski definition) is 2. The molecule has 0 aromatic carbocycles. The van der Waals surface area contributed by atoms with Gasteiger partial charge in [-0.3, -0.25) is 4.79 Å².